The summed E-state index contributed by atoms with van der Waals surface area (Å²) in [5, 5.41) is 0.453. The quantitative estimate of drug-likeness (QED) is 0.621. The molecular formula is C11H6Cl2N2O2. The van der Waals surface area contributed by atoms with E-state index in [-0.39, 0.29) is 10.7 Å². The van der Waals surface area contributed by atoms with E-state index in [1.807, 2.05) is 0 Å². The summed E-state index contributed by atoms with van der Waals surface area (Å²) >= 11 is 11.4. The van der Waals surface area contributed by atoms with Crippen molar-refractivity contribution in [2.75, 3.05) is 0 Å². The normalized spacial score (nSPS) is 10.2. The first-order valence-corrected chi connectivity index (χ1v) is 5.37. The van der Waals surface area contributed by atoms with E-state index < -0.39 is 5.56 Å². The van der Waals surface area contributed by atoms with Crippen LogP contribution in [0.2, 0.25) is 10.2 Å². The highest BCUT2D eigenvalue weighted by molar-refractivity contribution is 6.31. The van der Waals surface area contributed by atoms with Gasteiger partial charge in [-0.05, 0) is 24.3 Å². The molecule has 2 rings (SSSR count). The average molecular weight is 269 g/mol. The Bertz CT molecular complexity index is 620. The lowest BCUT2D eigenvalue weighted by atomic mass is 10.3. The second-order valence-corrected chi connectivity index (χ2v) is 4.01. The van der Waals surface area contributed by atoms with Gasteiger partial charge in [-0.25, -0.2) is 4.98 Å². The zero-order chi connectivity index (χ0) is 12.4. The lowest BCUT2D eigenvalue weighted by molar-refractivity contribution is 0.112. The van der Waals surface area contributed by atoms with E-state index in [2.05, 4.69) is 4.98 Å². The first kappa shape index (κ1) is 11.8. The number of benzene rings is 1. The summed E-state index contributed by atoms with van der Waals surface area (Å²) in [5.74, 6) is 0. The maximum absolute atomic E-state index is 11.9. The first-order valence-electron chi connectivity index (χ1n) is 4.62. The molecule has 0 bridgehead atoms. The molecule has 0 spiro atoms. The number of hydrogen-bond donors (Lipinski definition) is 0. The van der Waals surface area contributed by atoms with Crippen LogP contribution in [0.1, 0.15) is 10.4 Å². The van der Waals surface area contributed by atoms with Gasteiger partial charge in [0, 0.05) is 5.02 Å². The molecule has 0 saturated heterocycles. The van der Waals surface area contributed by atoms with Gasteiger partial charge in [-0.3, -0.25) is 14.2 Å². The predicted molar refractivity (Wildman–Crippen MR) is 65.2 cm³/mol. The summed E-state index contributed by atoms with van der Waals surface area (Å²) in [7, 11) is 0. The van der Waals surface area contributed by atoms with Gasteiger partial charge in [0.2, 0.25) is 0 Å². The fraction of sp³-hybridized carbons (Fsp3) is 0. The van der Waals surface area contributed by atoms with Crippen LogP contribution in [0.15, 0.2) is 35.4 Å². The van der Waals surface area contributed by atoms with Gasteiger partial charge in [0.25, 0.3) is 5.56 Å². The maximum Gasteiger partial charge on any atom is 0.270 e. The largest absolute Gasteiger partial charge is 0.298 e. The molecule has 0 aliphatic carbocycles. The molecule has 1 heterocycles. The van der Waals surface area contributed by atoms with Gasteiger partial charge < -0.3 is 0 Å². The molecule has 0 unspecified atom stereocenters. The Labute approximate surface area is 106 Å². The van der Waals surface area contributed by atoms with Gasteiger partial charge in [0.15, 0.2) is 6.29 Å². The number of rotatable bonds is 2. The van der Waals surface area contributed by atoms with Crippen molar-refractivity contribution in [2.24, 2.45) is 0 Å². The highest BCUT2D eigenvalue weighted by atomic mass is 35.5. The molecule has 2 aromatic rings. The van der Waals surface area contributed by atoms with Gasteiger partial charge in [-0.1, -0.05) is 23.2 Å². The first-order chi connectivity index (χ1) is 8.13. The Hall–Kier alpha value is -1.65. The van der Waals surface area contributed by atoms with Crippen molar-refractivity contribution in [1.29, 1.82) is 0 Å². The monoisotopic (exact) mass is 268 g/mol. The Kier molecular flexibility index (Phi) is 3.26. The Morgan fingerprint density at radius 3 is 2.41 bits per heavy atom. The third-order valence-corrected chi connectivity index (χ3v) is 2.73. The van der Waals surface area contributed by atoms with E-state index >= 15 is 0 Å². The minimum Gasteiger partial charge on any atom is -0.298 e. The molecule has 4 nitrogen and oxygen atoms in total. The van der Waals surface area contributed by atoms with Crippen LogP contribution in [0.25, 0.3) is 5.69 Å². The van der Waals surface area contributed by atoms with Crippen LogP contribution in [0.5, 0.6) is 0 Å². The van der Waals surface area contributed by atoms with Crippen molar-refractivity contribution in [3.05, 3.63) is 56.7 Å². The second kappa shape index (κ2) is 4.69. The van der Waals surface area contributed by atoms with Crippen LogP contribution >= 0.6 is 23.2 Å². The van der Waals surface area contributed by atoms with Crippen LogP contribution in [-0.2, 0) is 0 Å². The third kappa shape index (κ3) is 2.23. The summed E-state index contributed by atoms with van der Waals surface area (Å²) in [6.07, 6.45) is 1.66. The second-order valence-electron chi connectivity index (χ2n) is 3.22. The zero-order valence-corrected chi connectivity index (χ0v) is 9.94. The fourth-order valence-electron chi connectivity index (χ4n) is 1.33. The van der Waals surface area contributed by atoms with Crippen molar-refractivity contribution in [3.63, 3.8) is 0 Å². The van der Waals surface area contributed by atoms with E-state index in [0.29, 0.717) is 17.0 Å². The van der Waals surface area contributed by atoms with Gasteiger partial charge in [-0.15, -0.1) is 0 Å². The van der Waals surface area contributed by atoms with Crippen molar-refractivity contribution >= 4 is 29.5 Å². The lowest BCUT2D eigenvalue weighted by Gasteiger charge is -2.06. The summed E-state index contributed by atoms with van der Waals surface area (Å²) in [4.78, 5) is 26.4. The molecule has 0 aliphatic rings. The third-order valence-electron chi connectivity index (χ3n) is 2.18. The van der Waals surface area contributed by atoms with Crippen LogP contribution in [0.4, 0.5) is 0 Å². The molecular weight excluding hydrogens is 263 g/mol. The van der Waals surface area contributed by atoms with Crippen molar-refractivity contribution < 1.29 is 4.79 Å². The van der Waals surface area contributed by atoms with Gasteiger partial charge in [0.05, 0.1) is 5.69 Å². The van der Waals surface area contributed by atoms with E-state index in [0.717, 1.165) is 0 Å². The van der Waals surface area contributed by atoms with Crippen LogP contribution in [0, 0.1) is 0 Å². The topological polar surface area (TPSA) is 52.0 Å². The van der Waals surface area contributed by atoms with E-state index in [9.17, 15) is 9.59 Å². The summed E-state index contributed by atoms with van der Waals surface area (Å²) in [6.45, 7) is 0. The number of carbonyl (C=O) groups excluding carboxylic acids is 1. The number of hydrogen-bond acceptors (Lipinski definition) is 3. The number of halogens is 2. The highest BCUT2D eigenvalue weighted by Gasteiger charge is 2.09. The standard InChI is InChI=1S/C11H6Cl2N2O2/c12-7-1-3-8(4-2-7)15-6-14-10(13)9(5-16)11(15)17/h1-6H. The molecule has 0 radical (unpaired) electrons. The molecule has 0 N–H and O–H groups in total. The number of aromatic nitrogens is 2. The molecule has 6 heteroatoms. The number of nitrogens with zero attached hydrogens (tertiary/aromatic N) is 2. The molecule has 0 amide bonds. The average Bonchev–Trinajstić information content (AvgIpc) is 2.31. The molecule has 0 atom stereocenters. The fourth-order valence-corrected chi connectivity index (χ4v) is 1.63. The Balaban J connectivity index is 2.65. The van der Waals surface area contributed by atoms with Gasteiger partial charge >= 0.3 is 0 Å². The molecule has 86 valence electrons. The lowest BCUT2D eigenvalue weighted by Crippen LogP contribution is -2.22. The highest BCUT2D eigenvalue weighted by Crippen LogP contribution is 2.13. The van der Waals surface area contributed by atoms with Crippen LogP contribution < -0.4 is 5.56 Å². The summed E-state index contributed by atoms with van der Waals surface area (Å²) < 4.78 is 1.23. The van der Waals surface area contributed by atoms with Crippen LogP contribution in [0.3, 0.4) is 0 Å². The van der Waals surface area contributed by atoms with E-state index in [1.54, 1.807) is 24.3 Å². The Morgan fingerprint density at radius 2 is 1.82 bits per heavy atom. The minimum atomic E-state index is -0.512. The molecule has 17 heavy (non-hydrogen) atoms. The predicted octanol–water partition coefficient (Wildman–Crippen LogP) is 2.35. The van der Waals surface area contributed by atoms with Gasteiger partial charge in [0.1, 0.15) is 17.0 Å². The van der Waals surface area contributed by atoms with E-state index in [4.69, 9.17) is 23.2 Å². The smallest absolute Gasteiger partial charge is 0.270 e. The molecule has 1 aromatic heterocycles. The summed E-state index contributed by atoms with van der Waals surface area (Å²) in [5.41, 5.74) is -0.113. The van der Waals surface area contributed by atoms with Gasteiger partial charge in [-0.2, -0.15) is 0 Å². The Morgan fingerprint density at radius 1 is 1.18 bits per heavy atom. The van der Waals surface area contributed by atoms with Crippen molar-refractivity contribution in [2.45, 2.75) is 0 Å². The van der Waals surface area contributed by atoms with Crippen LogP contribution in [-0.4, -0.2) is 15.8 Å². The van der Waals surface area contributed by atoms with Crippen molar-refractivity contribution in [1.82, 2.24) is 9.55 Å². The summed E-state index contributed by atoms with van der Waals surface area (Å²) in [6, 6.07) is 6.57. The molecule has 1 aromatic carbocycles. The van der Waals surface area contributed by atoms with E-state index in [1.165, 1.54) is 10.9 Å². The SMILES string of the molecule is O=Cc1c(Cl)ncn(-c2ccc(Cl)cc2)c1=O. The zero-order valence-electron chi connectivity index (χ0n) is 8.43. The molecule has 0 saturated carbocycles. The number of carbonyl (C=O) groups is 1. The molecule has 0 aliphatic heterocycles. The molecule has 0 fully saturated rings. The maximum atomic E-state index is 11.9. The van der Waals surface area contributed by atoms with Crippen molar-refractivity contribution in [3.8, 4) is 5.69 Å². The minimum absolute atomic E-state index is 0.102. The number of aldehydes is 1.